The molecule has 3 nitrogen and oxygen atoms in total. The molecule has 0 radical (unpaired) electrons. The summed E-state index contributed by atoms with van der Waals surface area (Å²) in [5, 5.41) is 10.2. The minimum absolute atomic E-state index is 0.157. The van der Waals surface area contributed by atoms with Crippen LogP contribution in [-0.4, -0.2) is 48.0 Å². The standard InChI is InChI=1S/C11H21NO2/c1-4-5-11(3,13)10(2)12-6-8-14-9-7-12/h4,10,13H,1,5-9H2,2-3H3/t10-,11+/m1/s1. The van der Waals surface area contributed by atoms with Crippen molar-refractivity contribution in [3.63, 3.8) is 0 Å². The fraction of sp³-hybridized carbons (Fsp3) is 0.818. The van der Waals surface area contributed by atoms with Crippen LogP contribution in [0, 0.1) is 0 Å². The molecule has 1 saturated heterocycles. The maximum atomic E-state index is 10.2. The minimum Gasteiger partial charge on any atom is -0.388 e. The Balaban J connectivity index is 2.52. The molecule has 1 N–H and O–H groups in total. The molecule has 1 aliphatic heterocycles. The minimum atomic E-state index is -0.681. The van der Waals surface area contributed by atoms with Crippen LogP contribution in [0.4, 0.5) is 0 Å². The Morgan fingerprint density at radius 1 is 1.57 bits per heavy atom. The van der Waals surface area contributed by atoms with Gasteiger partial charge in [0.15, 0.2) is 0 Å². The number of nitrogens with zero attached hydrogens (tertiary/aromatic N) is 1. The molecule has 3 heteroatoms. The number of hydrogen-bond donors (Lipinski definition) is 1. The highest BCUT2D eigenvalue weighted by atomic mass is 16.5. The van der Waals surface area contributed by atoms with Gasteiger partial charge in [0, 0.05) is 19.1 Å². The smallest absolute Gasteiger partial charge is 0.0805 e. The zero-order valence-corrected chi connectivity index (χ0v) is 9.20. The van der Waals surface area contributed by atoms with E-state index in [1.165, 1.54) is 0 Å². The first-order valence-electron chi connectivity index (χ1n) is 5.23. The van der Waals surface area contributed by atoms with Crippen LogP contribution in [0.2, 0.25) is 0 Å². The first-order valence-corrected chi connectivity index (χ1v) is 5.23. The van der Waals surface area contributed by atoms with Crippen molar-refractivity contribution < 1.29 is 9.84 Å². The third-order valence-electron chi connectivity index (χ3n) is 3.05. The third kappa shape index (κ3) is 2.80. The first kappa shape index (κ1) is 11.7. The molecule has 14 heavy (non-hydrogen) atoms. The molecule has 1 aliphatic rings. The Morgan fingerprint density at radius 3 is 2.64 bits per heavy atom. The van der Waals surface area contributed by atoms with Crippen molar-refractivity contribution >= 4 is 0 Å². The van der Waals surface area contributed by atoms with Gasteiger partial charge in [-0.3, -0.25) is 4.90 Å². The fourth-order valence-corrected chi connectivity index (χ4v) is 1.82. The number of ether oxygens (including phenoxy) is 1. The Morgan fingerprint density at radius 2 is 2.14 bits per heavy atom. The van der Waals surface area contributed by atoms with Crippen LogP contribution in [0.25, 0.3) is 0 Å². The molecule has 0 saturated carbocycles. The van der Waals surface area contributed by atoms with Gasteiger partial charge in [-0.2, -0.15) is 0 Å². The second kappa shape index (κ2) is 4.91. The molecule has 0 bridgehead atoms. The number of aliphatic hydroxyl groups is 1. The van der Waals surface area contributed by atoms with Crippen LogP contribution < -0.4 is 0 Å². The molecule has 0 unspecified atom stereocenters. The van der Waals surface area contributed by atoms with Crippen LogP contribution in [0.1, 0.15) is 20.3 Å². The van der Waals surface area contributed by atoms with E-state index in [9.17, 15) is 5.11 Å². The molecule has 0 aromatic heterocycles. The predicted octanol–water partition coefficient (Wildman–Crippen LogP) is 1.03. The van der Waals surface area contributed by atoms with E-state index >= 15 is 0 Å². The van der Waals surface area contributed by atoms with Gasteiger partial charge in [-0.25, -0.2) is 0 Å². The van der Waals surface area contributed by atoms with Gasteiger partial charge in [-0.1, -0.05) is 6.08 Å². The molecule has 0 aromatic rings. The largest absolute Gasteiger partial charge is 0.388 e. The summed E-state index contributed by atoms with van der Waals surface area (Å²) in [4.78, 5) is 2.27. The highest BCUT2D eigenvalue weighted by molar-refractivity contribution is 4.92. The van der Waals surface area contributed by atoms with E-state index in [4.69, 9.17) is 4.74 Å². The van der Waals surface area contributed by atoms with Gasteiger partial charge in [0.1, 0.15) is 0 Å². The highest BCUT2D eigenvalue weighted by Gasteiger charge is 2.32. The maximum Gasteiger partial charge on any atom is 0.0805 e. The van der Waals surface area contributed by atoms with Gasteiger partial charge in [-0.05, 0) is 20.3 Å². The van der Waals surface area contributed by atoms with Gasteiger partial charge in [0.25, 0.3) is 0 Å². The lowest BCUT2D eigenvalue weighted by Gasteiger charge is -2.40. The Bertz CT molecular complexity index is 186. The summed E-state index contributed by atoms with van der Waals surface area (Å²) < 4.78 is 5.28. The fourth-order valence-electron chi connectivity index (χ4n) is 1.82. The summed E-state index contributed by atoms with van der Waals surface area (Å²) in [7, 11) is 0. The molecule has 1 fully saturated rings. The normalized spacial score (nSPS) is 25.4. The maximum absolute atomic E-state index is 10.2. The second-order valence-electron chi connectivity index (χ2n) is 4.17. The molecule has 0 aromatic carbocycles. The van der Waals surface area contributed by atoms with E-state index in [-0.39, 0.29) is 6.04 Å². The Labute approximate surface area is 86.4 Å². The van der Waals surface area contributed by atoms with E-state index in [0.717, 1.165) is 26.3 Å². The van der Waals surface area contributed by atoms with Crippen LogP contribution in [-0.2, 0) is 4.74 Å². The van der Waals surface area contributed by atoms with Crippen LogP contribution in [0.3, 0.4) is 0 Å². The molecule has 0 aliphatic carbocycles. The van der Waals surface area contributed by atoms with E-state index in [0.29, 0.717) is 6.42 Å². The van der Waals surface area contributed by atoms with Gasteiger partial charge >= 0.3 is 0 Å². The van der Waals surface area contributed by atoms with E-state index in [1.54, 1.807) is 6.08 Å². The van der Waals surface area contributed by atoms with Crippen molar-refractivity contribution in [1.29, 1.82) is 0 Å². The topological polar surface area (TPSA) is 32.7 Å². The molecule has 1 rings (SSSR count). The summed E-state index contributed by atoms with van der Waals surface area (Å²) in [5.41, 5.74) is -0.681. The average molecular weight is 199 g/mol. The van der Waals surface area contributed by atoms with Gasteiger partial charge in [0.05, 0.1) is 18.8 Å². The predicted molar refractivity (Wildman–Crippen MR) is 57.3 cm³/mol. The summed E-state index contributed by atoms with van der Waals surface area (Å²) in [6.45, 7) is 11.0. The van der Waals surface area contributed by atoms with Crippen molar-refractivity contribution in [3.05, 3.63) is 12.7 Å². The van der Waals surface area contributed by atoms with E-state index in [2.05, 4.69) is 18.4 Å². The monoisotopic (exact) mass is 199 g/mol. The molecule has 0 amide bonds. The molecular formula is C11H21NO2. The van der Waals surface area contributed by atoms with E-state index in [1.807, 2.05) is 6.92 Å². The Hall–Kier alpha value is -0.380. The third-order valence-corrected chi connectivity index (χ3v) is 3.05. The van der Waals surface area contributed by atoms with Gasteiger partial charge < -0.3 is 9.84 Å². The molecule has 1 heterocycles. The first-order chi connectivity index (χ1) is 6.58. The lowest BCUT2D eigenvalue weighted by atomic mass is 9.92. The summed E-state index contributed by atoms with van der Waals surface area (Å²) in [6.07, 6.45) is 2.41. The zero-order valence-electron chi connectivity index (χ0n) is 9.20. The average Bonchev–Trinajstić information content (AvgIpc) is 2.18. The van der Waals surface area contributed by atoms with Crippen molar-refractivity contribution in [2.45, 2.75) is 31.9 Å². The Kier molecular flexibility index (Phi) is 4.11. The summed E-state index contributed by atoms with van der Waals surface area (Å²) >= 11 is 0. The lowest BCUT2D eigenvalue weighted by molar-refractivity contribution is -0.0594. The van der Waals surface area contributed by atoms with Crippen LogP contribution >= 0.6 is 0 Å². The van der Waals surface area contributed by atoms with Crippen molar-refractivity contribution in [2.24, 2.45) is 0 Å². The van der Waals surface area contributed by atoms with Crippen LogP contribution in [0.15, 0.2) is 12.7 Å². The lowest BCUT2D eigenvalue weighted by Crippen LogP contribution is -2.52. The van der Waals surface area contributed by atoms with Crippen molar-refractivity contribution in [2.75, 3.05) is 26.3 Å². The highest BCUT2D eigenvalue weighted by Crippen LogP contribution is 2.20. The van der Waals surface area contributed by atoms with Gasteiger partial charge in [0.2, 0.25) is 0 Å². The van der Waals surface area contributed by atoms with Crippen molar-refractivity contribution in [3.8, 4) is 0 Å². The molecule has 2 atom stereocenters. The number of morpholine rings is 1. The van der Waals surface area contributed by atoms with Crippen molar-refractivity contribution in [1.82, 2.24) is 4.90 Å². The summed E-state index contributed by atoms with van der Waals surface area (Å²) in [5.74, 6) is 0. The SMILES string of the molecule is C=CC[C@](C)(O)[C@@H](C)N1CCOCC1. The second-order valence-corrected chi connectivity index (χ2v) is 4.17. The molecule has 82 valence electrons. The zero-order chi connectivity index (χ0) is 10.6. The van der Waals surface area contributed by atoms with E-state index < -0.39 is 5.60 Å². The molecular weight excluding hydrogens is 178 g/mol. The van der Waals surface area contributed by atoms with Gasteiger partial charge in [-0.15, -0.1) is 6.58 Å². The number of rotatable bonds is 4. The van der Waals surface area contributed by atoms with Crippen LogP contribution in [0.5, 0.6) is 0 Å². The summed E-state index contributed by atoms with van der Waals surface area (Å²) in [6, 6.07) is 0.157. The number of hydrogen-bond acceptors (Lipinski definition) is 3. The molecule has 0 spiro atoms. The quantitative estimate of drug-likeness (QED) is 0.687.